The zero-order valence-corrected chi connectivity index (χ0v) is 17.2. The van der Waals surface area contributed by atoms with E-state index in [9.17, 15) is 9.59 Å². The Morgan fingerprint density at radius 1 is 1.19 bits per heavy atom. The Morgan fingerprint density at radius 3 is 2.87 bits per heavy atom. The SMILES string of the molecule is Cc1cnc(NCCc2ccccc2)c(=O)n1CC(=O)NCc1cc2[nH+]c[nH]c2cn1. The molecule has 0 saturated carbocycles. The Hall–Kier alpha value is -4.01. The minimum absolute atomic E-state index is 0.0843. The Kier molecular flexibility index (Phi) is 6.02. The van der Waals surface area contributed by atoms with Crippen LogP contribution in [0.4, 0.5) is 5.82 Å². The van der Waals surface area contributed by atoms with Crippen LogP contribution >= 0.6 is 0 Å². The monoisotopic (exact) mass is 418 g/mol. The van der Waals surface area contributed by atoms with Crippen LogP contribution in [-0.2, 0) is 24.3 Å². The maximum Gasteiger partial charge on any atom is 0.293 e. The van der Waals surface area contributed by atoms with Crippen molar-refractivity contribution in [3.8, 4) is 0 Å². The van der Waals surface area contributed by atoms with Gasteiger partial charge in [-0.05, 0) is 18.9 Å². The minimum atomic E-state index is -0.315. The van der Waals surface area contributed by atoms with Gasteiger partial charge in [0, 0.05) is 24.5 Å². The number of nitrogens with one attached hydrogen (secondary N) is 4. The van der Waals surface area contributed by atoms with Crippen LogP contribution in [0.15, 0.2) is 59.9 Å². The van der Waals surface area contributed by atoms with Crippen molar-refractivity contribution < 1.29 is 9.78 Å². The molecule has 0 spiro atoms. The molecule has 9 heteroatoms. The third kappa shape index (κ3) is 4.95. The number of rotatable bonds is 8. The second kappa shape index (κ2) is 9.21. The molecule has 0 aliphatic rings. The Morgan fingerprint density at radius 2 is 2.03 bits per heavy atom. The Balaban J connectivity index is 1.37. The number of amides is 1. The van der Waals surface area contributed by atoms with Crippen molar-refractivity contribution in [3.63, 3.8) is 0 Å². The first-order chi connectivity index (χ1) is 15.1. The van der Waals surface area contributed by atoms with Crippen molar-refractivity contribution >= 4 is 22.8 Å². The summed E-state index contributed by atoms with van der Waals surface area (Å²) < 4.78 is 1.42. The first-order valence-corrected chi connectivity index (χ1v) is 10.0. The van der Waals surface area contributed by atoms with Crippen molar-refractivity contribution in [3.05, 3.63) is 82.4 Å². The summed E-state index contributed by atoms with van der Waals surface area (Å²) in [6, 6.07) is 11.9. The molecule has 31 heavy (non-hydrogen) atoms. The number of aromatic nitrogens is 5. The summed E-state index contributed by atoms with van der Waals surface area (Å²) in [5.74, 6) is -0.0315. The van der Waals surface area contributed by atoms with E-state index in [0.717, 1.165) is 23.1 Å². The van der Waals surface area contributed by atoms with E-state index in [1.54, 1.807) is 25.6 Å². The van der Waals surface area contributed by atoms with Crippen molar-refractivity contribution in [1.29, 1.82) is 0 Å². The fourth-order valence-corrected chi connectivity index (χ4v) is 3.27. The second-order valence-corrected chi connectivity index (χ2v) is 7.23. The summed E-state index contributed by atoms with van der Waals surface area (Å²) in [6.45, 7) is 2.52. The molecule has 1 amide bonds. The van der Waals surface area contributed by atoms with Gasteiger partial charge in [-0.15, -0.1) is 0 Å². The zero-order valence-electron chi connectivity index (χ0n) is 17.2. The van der Waals surface area contributed by atoms with Crippen molar-refractivity contribution in [2.24, 2.45) is 0 Å². The first kappa shape index (κ1) is 20.3. The molecule has 9 nitrogen and oxygen atoms in total. The van der Waals surface area contributed by atoms with Crippen LogP contribution < -0.4 is 21.2 Å². The average molecular weight is 418 g/mol. The standard InChI is InChI=1S/C22H23N7O2/c1-15-10-26-21(23-8-7-16-5-3-2-4-6-16)22(31)29(15)13-20(30)25-11-17-9-18-19(12-24-17)28-14-27-18/h2-6,9-10,12,14H,7-8,11,13H2,1H3,(H,23,26)(H,25,30)(H,27,28)/p+1. The summed E-state index contributed by atoms with van der Waals surface area (Å²) >= 11 is 0. The number of imidazole rings is 1. The number of fused-ring (bicyclic) bond motifs is 1. The number of hydrogen-bond donors (Lipinski definition) is 3. The van der Waals surface area contributed by atoms with Crippen LogP contribution in [-0.4, -0.2) is 32.0 Å². The molecular formula is C22H24N7O2+. The molecule has 0 saturated heterocycles. The van der Waals surface area contributed by atoms with Gasteiger partial charge in [-0.25, -0.2) is 15.0 Å². The lowest BCUT2D eigenvalue weighted by atomic mass is 10.1. The van der Waals surface area contributed by atoms with Crippen LogP contribution in [0.3, 0.4) is 0 Å². The summed E-state index contributed by atoms with van der Waals surface area (Å²) in [5, 5.41) is 5.90. The normalized spacial score (nSPS) is 10.9. The number of H-pyrrole nitrogens is 2. The number of carbonyl (C=O) groups excluding carboxylic acids is 1. The maximum absolute atomic E-state index is 12.8. The van der Waals surface area contributed by atoms with Gasteiger partial charge in [0.05, 0.1) is 18.4 Å². The first-order valence-electron chi connectivity index (χ1n) is 10.0. The molecule has 3 aromatic heterocycles. The van der Waals surface area contributed by atoms with Gasteiger partial charge in [-0.1, -0.05) is 30.3 Å². The zero-order chi connectivity index (χ0) is 21.6. The molecule has 0 radical (unpaired) electrons. The topological polar surface area (TPSA) is 119 Å². The van der Waals surface area contributed by atoms with Crippen molar-refractivity contribution in [2.75, 3.05) is 11.9 Å². The molecule has 0 aliphatic carbocycles. The van der Waals surface area contributed by atoms with Crippen LogP contribution in [0.1, 0.15) is 17.0 Å². The predicted molar refractivity (Wildman–Crippen MR) is 116 cm³/mol. The highest BCUT2D eigenvalue weighted by molar-refractivity contribution is 5.76. The quantitative estimate of drug-likeness (QED) is 0.397. The molecule has 0 atom stereocenters. The van der Waals surface area contributed by atoms with Crippen molar-refractivity contribution in [1.82, 2.24) is 24.8 Å². The van der Waals surface area contributed by atoms with E-state index in [1.165, 1.54) is 10.1 Å². The summed E-state index contributed by atoms with van der Waals surface area (Å²) in [5.41, 5.74) is 4.00. The molecule has 158 valence electrons. The number of anilines is 1. The average Bonchev–Trinajstić information content (AvgIpc) is 3.25. The van der Waals surface area contributed by atoms with Gasteiger partial charge in [-0.2, -0.15) is 0 Å². The van der Waals surface area contributed by atoms with Gasteiger partial charge in [0.1, 0.15) is 6.54 Å². The third-order valence-corrected chi connectivity index (χ3v) is 4.99. The smallest absolute Gasteiger partial charge is 0.293 e. The molecule has 3 heterocycles. The van der Waals surface area contributed by atoms with Gasteiger partial charge >= 0.3 is 0 Å². The van der Waals surface area contributed by atoms with Crippen molar-refractivity contribution in [2.45, 2.75) is 26.4 Å². The number of hydrogen-bond acceptors (Lipinski definition) is 5. The van der Waals surface area contributed by atoms with Gasteiger partial charge in [0.2, 0.25) is 12.2 Å². The molecule has 4 N–H and O–H groups in total. The summed E-state index contributed by atoms with van der Waals surface area (Å²) in [6.07, 6.45) is 5.79. The molecule has 4 rings (SSSR count). The number of aryl methyl sites for hydroxylation is 1. The highest BCUT2D eigenvalue weighted by Crippen LogP contribution is 2.06. The van der Waals surface area contributed by atoms with E-state index in [-0.39, 0.29) is 30.4 Å². The van der Waals surface area contributed by atoms with Gasteiger partial charge in [-0.3, -0.25) is 19.1 Å². The van der Waals surface area contributed by atoms with Crippen LogP contribution in [0, 0.1) is 6.92 Å². The predicted octanol–water partition coefficient (Wildman–Crippen LogP) is 1.21. The highest BCUT2D eigenvalue weighted by Gasteiger charge is 2.12. The minimum Gasteiger partial charge on any atom is -0.365 e. The number of carbonyl (C=O) groups is 1. The van der Waals surface area contributed by atoms with E-state index in [0.29, 0.717) is 12.2 Å². The fourth-order valence-electron chi connectivity index (χ4n) is 3.27. The number of benzene rings is 1. The summed E-state index contributed by atoms with van der Waals surface area (Å²) in [7, 11) is 0. The molecule has 0 bridgehead atoms. The summed E-state index contributed by atoms with van der Waals surface area (Å²) in [4.78, 5) is 39.9. The van der Waals surface area contributed by atoms with E-state index in [1.807, 2.05) is 36.4 Å². The molecule has 0 fully saturated rings. The molecule has 4 aromatic rings. The van der Waals surface area contributed by atoms with E-state index in [4.69, 9.17) is 0 Å². The van der Waals surface area contributed by atoms with E-state index in [2.05, 4.69) is 30.6 Å². The van der Waals surface area contributed by atoms with Gasteiger partial charge in [0.25, 0.3) is 5.56 Å². The molecule has 0 unspecified atom stereocenters. The number of nitrogens with zero attached hydrogens (tertiary/aromatic N) is 3. The number of pyridine rings is 1. The van der Waals surface area contributed by atoms with Gasteiger partial charge in [0.15, 0.2) is 16.9 Å². The van der Waals surface area contributed by atoms with Crippen LogP contribution in [0.5, 0.6) is 0 Å². The largest absolute Gasteiger partial charge is 0.365 e. The van der Waals surface area contributed by atoms with Crippen LogP contribution in [0.2, 0.25) is 0 Å². The van der Waals surface area contributed by atoms with Crippen LogP contribution in [0.25, 0.3) is 11.0 Å². The van der Waals surface area contributed by atoms with E-state index >= 15 is 0 Å². The van der Waals surface area contributed by atoms with E-state index < -0.39 is 0 Å². The fraction of sp³-hybridized carbons (Fsp3) is 0.227. The molecule has 1 aromatic carbocycles. The lowest BCUT2D eigenvalue weighted by Crippen LogP contribution is -2.34. The Bertz CT molecular complexity index is 1250. The molecule has 0 aliphatic heterocycles. The Labute approximate surface area is 178 Å². The second-order valence-electron chi connectivity index (χ2n) is 7.23. The maximum atomic E-state index is 12.8. The lowest BCUT2D eigenvalue weighted by Gasteiger charge is -2.12. The van der Waals surface area contributed by atoms with Gasteiger partial charge < -0.3 is 10.6 Å². The lowest BCUT2D eigenvalue weighted by molar-refractivity contribution is -0.344. The molecular weight excluding hydrogens is 394 g/mol. The number of aromatic amines is 2. The highest BCUT2D eigenvalue weighted by atomic mass is 16.2. The third-order valence-electron chi connectivity index (χ3n) is 4.99.